The van der Waals surface area contributed by atoms with Crippen molar-refractivity contribution in [3.05, 3.63) is 23.8 Å². The molecule has 0 amide bonds. The highest BCUT2D eigenvalue weighted by Crippen LogP contribution is 2.31. The highest BCUT2D eigenvalue weighted by molar-refractivity contribution is 5.48. The number of ether oxygens (including phenoxy) is 2. The topological polar surface area (TPSA) is 44.5 Å². The van der Waals surface area contributed by atoms with Crippen molar-refractivity contribution in [1.29, 1.82) is 0 Å². The number of benzene rings is 1. The summed E-state index contributed by atoms with van der Waals surface area (Å²) in [5.41, 5.74) is 6.42. The maximum absolute atomic E-state index is 5.74. The molecule has 1 atom stereocenters. The van der Waals surface area contributed by atoms with Gasteiger partial charge < -0.3 is 15.2 Å². The molecule has 3 nitrogen and oxygen atoms in total. The van der Waals surface area contributed by atoms with Gasteiger partial charge in [0, 0.05) is 17.9 Å². The van der Waals surface area contributed by atoms with E-state index in [9.17, 15) is 0 Å². The summed E-state index contributed by atoms with van der Waals surface area (Å²) < 4.78 is 11.4. The largest absolute Gasteiger partial charge is 0.489 e. The second-order valence-electron chi connectivity index (χ2n) is 4.94. The van der Waals surface area contributed by atoms with Crippen LogP contribution in [0.4, 0.5) is 0 Å². The zero-order valence-electron chi connectivity index (χ0n) is 11.4. The molecule has 19 heavy (non-hydrogen) atoms. The van der Waals surface area contributed by atoms with Crippen molar-refractivity contribution in [2.24, 2.45) is 11.7 Å². The van der Waals surface area contributed by atoms with Gasteiger partial charge in [0.2, 0.25) is 0 Å². The first-order valence-corrected chi connectivity index (χ1v) is 6.88. The number of rotatable bonds is 3. The van der Waals surface area contributed by atoms with Crippen LogP contribution >= 0.6 is 0 Å². The SMILES string of the molecule is CC1COc2ccc(C#CCCCCN)cc2OC1. The Kier molecular flexibility index (Phi) is 5.11. The minimum Gasteiger partial charge on any atom is -0.489 e. The van der Waals surface area contributed by atoms with E-state index in [0.717, 1.165) is 42.9 Å². The standard InChI is InChI=1S/C16H21NO2/c1-13-11-18-15-8-7-14(10-16(15)19-12-13)6-4-2-3-5-9-17/h7-8,10,13H,2-3,5,9,11-12,17H2,1H3. The van der Waals surface area contributed by atoms with Gasteiger partial charge in [-0.15, -0.1) is 0 Å². The predicted molar refractivity (Wildman–Crippen MR) is 76.4 cm³/mol. The van der Waals surface area contributed by atoms with Crippen molar-refractivity contribution in [1.82, 2.24) is 0 Å². The minimum absolute atomic E-state index is 0.415. The summed E-state index contributed by atoms with van der Waals surface area (Å²) in [5, 5.41) is 0. The van der Waals surface area contributed by atoms with Gasteiger partial charge in [-0.1, -0.05) is 18.8 Å². The molecule has 3 heteroatoms. The van der Waals surface area contributed by atoms with E-state index in [-0.39, 0.29) is 0 Å². The van der Waals surface area contributed by atoms with E-state index in [1.807, 2.05) is 18.2 Å². The molecule has 0 saturated heterocycles. The summed E-state index contributed by atoms with van der Waals surface area (Å²) in [6, 6.07) is 5.88. The van der Waals surface area contributed by atoms with Crippen molar-refractivity contribution >= 4 is 0 Å². The van der Waals surface area contributed by atoms with Gasteiger partial charge in [0.25, 0.3) is 0 Å². The molecule has 1 aliphatic rings. The Balaban J connectivity index is 2.00. The lowest BCUT2D eigenvalue weighted by atomic mass is 10.2. The summed E-state index contributed by atoms with van der Waals surface area (Å²) in [5.74, 6) is 8.36. The summed E-state index contributed by atoms with van der Waals surface area (Å²) in [7, 11) is 0. The van der Waals surface area contributed by atoms with Gasteiger partial charge in [-0.3, -0.25) is 0 Å². The quantitative estimate of drug-likeness (QED) is 0.670. The number of hydrogen-bond acceptors (Lipinski definition) is 3. The Morgan fingerprint density at radius 3 is 2.79 bits per heavy atom. The van der Waals surface area contributed by atoms with Gasteiger partial charge in [0.05, 0.1) is 13.2 Å². The zero-order valence-corrected chi connectivity index (χ0v) is 11.4. The Bertz CT molecular complexity index is 473. The monoisotopic (exact) mass is 259 g/mol. The lowest BCUT2D eigenvalue weighted by Gasteiger charge is -2.06. The average molecular weight is 259 g/mol. The predicted octanol–water partition coefficient (Wildman–Crippen LogP) is 2.57. The third-order valence-electron chi connectivity index (χ3n) is 2.98. The van der Waals surface area contributed by atoms with E-state index in [4.69, 9.17) is 15.2 Å². The Morgan fingerprint density at radius 2 is 2.00 bits per heavy atom. The number of nitrogens with two attached hydrogens (primary N) is 1. The van der Waals surface area contributed by atoms with E-state index in [1.54, 1.807) is 0 Å². The highest BCUT2D eigenvalue weighted by atomic mass is 16.5. The van der Waals surface area contributed by atoms with E-state index in [0.29, 0.717) is 19.1 Å². The fourth-order valence-electron chi connectivity index (χ4n) is 1.85. The molecular formula is C16H21NO2. The van der Waals surface area contributed by atoms with Crippen LogP contribution in [0.5, 0.6) is 11.5 Å². The third kappa shape index (κ3) is 4.18. The van der Waals surface area contributed by atoms with Gasteiger partial charge in [-0.2, -0.15) is 0 Å². The van der Waals surface area contributed by atoms with Crippen LogP contribution in [-0.4, -0.2) is 19.8 Å². The van der Waals surface area contributed by atoms with Gasteiger partial charge in [-0.05, 0) is 37.6 Å². The van der Waals surface area contributed by atoms with E-state index in [2.05, 4.69) is 18.8 Å². The van der Waals surface area contributed by atoms with Crippen molar-refractivity contribution in [2.45, 2.75) is 26.2 Å². The lowest BCUT2D eigenvalue weighted by molar-refractivity contribution is 0.228. The zero-order chi connectivity index (χ0) is 13.5. The van der Waals surface area contributed by atoms with Crippen LogP contribution in [-0.2, 0) is 0 Å². The van der Waals surface area contributed by atoms with Crippen LogP contribution in [0.1, 0.15) is 31.7 Å². The molecule has 0 saturated carbocycles. The van der Waals surface area contributed by atoms with E-state index >= 15 is 0 Å². The molecule has 0 fully saturated rings. The van der Waals surface area contributed by atoms with Crippen molar-refractivity contribution < 1.29 is 9.47 Å². The lowest BCUT2D eigenvalue weighted by Crippen LogP contribution is -2.12. The molecule has 0 aliphatic carbocycles. The van der Waals surface area contributed by atoms with Crippen LogP contribution in [0.2, 0.25) is 0 Å². The fourth-order valence-corrected chi connectivity index (χ4v) is 1.85. The first-order valence-electron chi connectivity index (χ1n) is 6.88. The minimum atomic E-state index is 0.415. The van der Waals surface area contributed by atoms with Crippen molar-refractivity contribution in [3.63, 3.8) is 0 Å². The molecule has 2 N–H and O–H groups in total. The molecule has 1 heterocycles. The molecule has 0 spiro atoms. The highest BCUT2D eigenvalue weighted by Gasteiger charge is 2.14. The van der Waals surface area contributed by atoms with E-state index in [1.165, 1.54) is 0 Å². The summed E-state index contributed by atoms with van der Waals surface area (Å²) in [6.07, 6.45) is 2.99. The van der Waals surface area contributed by atoms with Gasteiger partial charge in [0.15, 0.2) is 11.5 Å². The molecule has 1 aliphatic heterocycles. The number of fused-ring (bicyclic) bond motifs is 1. The maximum atomic E-state index is 5.74. The molecule has 0 bridgehead atoms. The molecule has 0 aromatic heterocycles. The first kappa shape index (κ1) is 13.8. The second kappa shape index (κ2) is 7.06. The molecule has 102 valence electrons. The normalized spacial score (nSPS) is 17.3. The molecule has 1 aromatic rings. The maximum Gasteiger partial charge on any atom is 0.162 e. The Morgan fingerprint density at radius 1 is 1.21 bits per heavy atom. The molecule has 0 radical (unpaired) electrons. The first-order chi connectivity index (χ1) is 9.29. The van der Waals surface area contributed by atoms with Crippen molar-refractivity contribution in [2.75, 3.05) is 19.8 Å². The van der Waals surface area contributed by atoms with Crippen LogP contribution in [0.15, 0.2) is 18.2 Å². The number of hydrogen-bond donors (Lipinski definition) is 1. The Labute approximate surface area is 115 Å². The second-order valence-corrected chi connectivity index (χ2v) is 4.94. The molecule has 2 rings (SSSR count). The number of unbranched alkanes of at least 4 members (excludes halogenated alkanes) is 2. The average Bonchev–Trinajstić information content (AvgIpc) is 2.61. The fraction of sp³-hybridized carbons (Fsp3) is 0.500. The molecule has 1 aromatic carbocycles. The van der Waals surface area contributed by atoms with Gasteiger partial charge >= 0.3 is 0 Å². The van der Waals surface area contributed by atoms with Crippen LogP contribution in [0.25, 0.3) is 0 Å². The van der Waals surface area contributed by atoms with Gasteiger partial charge in [0.1, 0.15) is 0 Å². The summed E-state index contributed by atoms with van der Waals surface area (Å²) >= 11 is 0. The third-order valence-corrected chi connectivity index (χ3v) is 2.98. The Hall–Kier alpha value is -1.66. The smallest absolute Gasteiger partial charge is 0.162 e. The van der Waals surface area contributed by atoms with Crippen molar-refractivity contribution in [3.8, 4) is 23.3 Å². The van der Waals surface area contributed by atoms with E-state index < -0.39 is 0 Å². The van der Waals surface area contributed by atoms with Gasteiger partial charge in [-0.25, -0.2) is 0 Å². The molecule has 1 unspecified atom stereocenters. The van der Waals surface area contributed by atoms with Crippen LogP contribution in [0.3, 0.4) is 0 Å². The molecular weight excluding hydrogens is 238 g/mol. The summed E-state index contributed by atoms with van der Waals surface area (Å²) in [4.78, 5) is 0. The summed E-state index contributed by atoms with van der Waals surface area (Å²) in [6.45, 7) is 4.26. The van der Waals surface area contributed by atoms with Crippen LogP contribution in [0, 0.1) is 17.8 Å². The van der Waals surface area contributed by atoms with Crippen LogP contribution < -0.4 is 15.2 Å².